The summed E-state index contributed by atoms with van der Waals surface area (Å²) in [6, 6.07) is 10.6. The fourth-order valence-corrected chi connectivity index (χ4v) is 3.84. The van der Waals surface area contributed by atoms with E-state index in [0.717, 1.165) is 60.2 Å². The van der Waals surface area contributed by atoms with E-state index in [-0.39, 0.29) is 6.04 Å². The zero-order chi connectivity index (χ0) is 18.8. The largest absolute Gasteiger partial charge is 0.486 e. The Morgan fingerprint density at radius 3 is 2.81 bits per heavy atom. The molecule has 1 N–H and O–H groups in total. The third-order valence-electron chi connectivity index (χ3n) is 5.07. The molecule has 0 radical (unpaired) electrons. The number of fused-ring (bicyclic) bond motifs is 1. The highest BCUT2D eigenvalue weighted by molar-refractivity contribution is 5.59. The first-order valence-electron chi connectivity index (χ1n) is 9.43. The van der Waals surface area contributed by atoms with Crippen molar-refractivity contribution in [3.05, 3.63) is 41.1 Å². The van der Waals surface area contributed by atoms with E-state index < -0.39 is 0 Å². The van der Waals surface area contributed by atoms with Gasteiger partial charge in [-0.2, -0.15) is 5.26 Å². The van der Waals surface area contributed by atoms with Crippen molar-refractivity contribution >= 4 is 11.5 Å². The van der Waals surface area contributed by atoms with Crippen molar-refractivity contribution in [1.82, 2.24) is 4.98 Å². The molecule has 1 atom stereocenters. The van der Waals surface area contributed by atoms with Gasteiger partial charge in [-0.25, -0.2) is 4.98 Å². The van der Waals surface area contributed by atoms with Crippen molar-refractivity contribution in [1.29, 1.82) is 5.26 Å². The molecule has 27 heavy (non-hydrogen) atoms. The molecule has 0 spiro atoms. The van der Waals surface area contributed by atoms with E-state index in [4.69, 9.17) is 9.47 Å². The molecule has 6 heteroatoms. The van der Waals surface area contributed by atoms with Gasteiger partial charge >= 0.3 is 0 Å². The molecule has 0 unspecified atom stereocenters. The number of anilines is 2. The Hall–Kier alpha value is -2.94. The van der Waals surface area contributed by atoms with Gasteiger partial charge in [-0.3, -0.25) is 0 Å². The summed E-state index contributed by atoms with van der Waals surface area (Å²) in [7, 11) is 0. The molecule has 2 aromatic rings. The summed E-state index contributed by atoms with van der Waals surface area (Å²) in [4.78, 5) is 6.90. The van der Waals surface area contributed by atoms with Gasteiger partial charge < -0.3 is 19.7 Å². The molecule has 2 aliphatic rings. The Kier molecular flexibility index (Phi) is 4.76. The Morgan fingerprint density at radius 1 is 1.19 bits per heavy atom. The van der Waals surface area contributed by atoms with Crippen LogP contribution < -0.4 is 19.7 Å². The molecule has 1 saturated heterocycles. The summed E-state index contributed by atoms with van der Waals surface area (Å²) >= 11 is 0. The Bertz CT molecular complexity index is 890. The summed E-state index contributed by atoms with van der Waals surface area (Å²) in [5.74, 6) is 2.40. The van der Waals surface area contributed by atoms with E-state index in [9.17, 15) is 5.26 Å². The number of nitrogens with zero attached hydrogens (tertiary/aromatic N) is 3. The zero-order valence-electron chi connectivity index (χ0n) is 15.8. The topological polar surface area (TPSA) is 70.4 Å². The molecule has 140 valence electrons. The second-order valence-corrected chi connectivity index (χ2v) is 7.18. The van der Waals surface area contributed by atoms with Gasteiger partial charge in [0, 0.05) is 36.6 Å². The summed E-state index contributed by atoms with van der Waals surface area (Å²) in [5, 5.41) is 13.2. The molecule has 0 aliphatic carbocycles. The van der Waals surface area contributed by atoms with Crippen molar-refractivity contribution in [2.24, 2.45) is 0 Å². The van der Waals surface area contributed by atoms with Gasteiger partial charge in [-0.15, -0.1) is 0 Å². The van der Waals surface area contributed by atoms with Crippen molar-refractivity contribution in [2.45, 2.75) is 32.7 Å². The van der Waals surface area contributed by atoms with Gasteiger partial charge in [0.05, 0.1) is 5.56 Å². The predicted molar refractivity (Wildman–Crippen MR) is 105 cm³/mol. The molecule has 1 aromatic heterocycles. The number of benzene rings is 1. The molecule has 6 nitrogen and oxygen atoms in total. The first-order chi connectivity index (χ1) is 13.1. The highest BCUT2D eigenvalue weighted by atomic mass is 16.6. The van der Waals surface area contributed by atoms with Crippen molar-refractivity contribution in [3.8, 4) is 17.6 Å². The van der Waals surface area contributed by atoms with Crippen LogP contribution in [0, 0.1) is 25.2 Å². The fourth-order valence-electron chi connectivity index (χ4n) is 3.84. The Balaban J connectivity index is 1.52. The zero-order valence-corrected chi connectivity index (χ0v) is 15.8. The lowest BCUT2D eigenvalue weighted by molar-refractivity contribution is 0.171. The molecule has 0 amide bonds. The lowest BCUT2D eigenvalue weighted by Crippen LogP contribution is -2.43. The quantitative estimate of drug-likeness (QED) is 0.900. The molecule has 1 fully saturated rings. The monoisotopic (exact) mass is 364 g/mol. The van der Waals surface area contributed by atoms with Gasteiger partial charge in [-0.05, 0) is 50.5 Å². The van der Waals surface area contributed by atoms with Gasteiger partial charge in [0.1, 0.15) is 25.1 Å². The number of hydrogen-bond donors (Lipinski definition) is 1. The van der Waals surface area contributed by atoms with Crippen LogP contribution in [0.5, 0.6) is 11.5 Å². The van der Waals surface area contributed by atoms with E-state index in [0.29, 0.717) is 18.8 Å². The van der Waals surface area contributed by atoms with Crippen LogP contribution in [-0.2, 0) is 0 Å². The number of rotatable bonds is 3. The molecule has 2 aliphatic heterocycles. The normalized spacial score (nSPS) is 18.7. The Labute approximate surface area is 159 Å². The summed E-state index contributed by atoms with van der Waals surface area (Å²) in [6.45, 7) is 6.88. The highest BCUT2D eigenvalue weighted by Crippen LogP contribution is 2.33. The van der Waals surface area contributed by atoms with Crippen LogP contribution in [-0.4, -0.2) is 37.3 Å². The first-order valence-corrected chi connectivity index (χ1v) is 9.43. The van der Waals surface area contributed by atoms with Gasteiger partial charge in [0.15, 0.2) is 11.5 Å². The molecular formula is C21H24N4O2. The summed E-state index contributed by atoms with van der Waals surface area (Å²) in [6.07, 6.45) is 2.14. The minimum atomic E-state index is 0.287. The SMILES string of the molecule is Cc1cc(C)c(C#N)c(N2CCC[C@H](Nc3ccc4c(c3)OCCO4)C2)n1. The second kappa shape index (κ2) is 7.36. The van der Waals surface area contributed by atoms with E-state index >= 15 is 0 Å². The van der Waals surface area contributed by atoms with Crippen LogP contribution in [0.15, 0.2) is 24.3 Å². The Morgan fingerprint density at radius 2 is 2.00 bits per heavy atom. The van der Waals surface area contributed by atoms with E-state index in [1.807, 2.05) is 38.1 Å². The highest BCUT2D eigenvalue weighted by Gasteiger charge is 2.24. The van der Waals surface area contributed by atoms with Crippen LogP contribution in [0.2, 0.25) is 0 Å². The van der Waals surface area contributed by atoms with E-state index in [2.05, 4.69) is 21.3 Å². The maximum atomic E-state index is 9.58. The number of nitrogens with one attached hydrogen (secondary N) is 1. The van der Waals surface area contributed by atoms with E-state index in [1.54, 1.807) is 0 Å². The number of piperidine rings is 1. The summed E-state index contributed by atoms with van der Waals surface area (Å²) in [5.41, 5.74) is 3.64. The lowest BCUT2D eigenvalue weighted by Gasteiger charge is -2.35. The average Bonchev–Trinajstić information content (AvgIpc) is 2.67. The molecule has 0 bridgehead atoms. The van der Waals surface area contributed by atoms with Crippen LogP contribution in [0.4, 0.5) is 11.5 Å². The molecule has 3 heterocycles. The number of pyridine rings is 1. The number of hydrogen-bond acceptors (Lipinski definition) is 6. The standard InChI is InChI=1S/C21H24N4O2/c1-14-10-15(2)23-21(18(14)12-22)25-7-3-4-17(13-25)24-16-5-6-19-20(11-16)27-9-8-26-19/h5-6,10-11,17,24H,3-4,7-9,13H2,1-2H3/t17-/m0/s1. The number of ether oxygens (including phenoxy) is 2. The number of aromatic nitrogens is 1. The molecule has 1 aromatic carbocycles. The van der Waals surface area contributed by atoms with Crippen LogP contribution in [0.3, 0.4) is 0 Å². The van der Waals surface area contributed by atoms with Crippen LogP contribution >= 0.6 is 0 Å². The fraction of sp³-hybridized carbons (Fsp3) is 0.429. The molecule has 0 saturated carbocycles. The number of aryl methyl sites for hydroxylation is 2. The van der Waals surface area contributed by atoms with Crippen molar-refractivity contribution < 1.29 is 9.47 Å². The number of nitriles is 1. The maximum Gasteiger partial charge on any atom is 0.163 e. The smallest absolute Gasteiger partial charge is 0.163 e. The molecular weight excluding hydrogens is 340 g/mol. The van der Waals surface area contributed by atoms with Crippen LogP contribution in [0.1, 0.15) is 29.7 Å². The van der Waals surface area contributed by atoms with Gasteiger partial charge in [-0.1, -0.05) is 0 Å². The minimum Gasteiger partial charge on any atom is -0.486 e. The minimum absolute atomic E-state index is 0.287. The lowest BCUT2D eigenvalue weighted by atomic mass is 10.0. The van der Waals surface area contributed by atoms with Crippen molar-refractivity contribution in [3.63, 3.8) is 0 Å². The first kappa shape index (κ1) is 17.5. The third kappa shape index (κ3) is 3.63. The maximum absolute atomic E-state index is 9.58. The summed E-state index contributed by atoms with van der Waals surface area (Å²) < 4.78 is 11.3. The predicted octanol–water partition coefficient (Wildman–Crippen LogP) is 3.42. The van der Waals surface area contributed by atoms with Gasteiger partial charge in [0.2, 0.25) is 0 Å². The van der Waals surface area contributed by atoms with Crippen molar-refractivity contribution in [2.75, 3.05) is 36.5 Å². The van der Waals surface area contributed by atoms with Crippen LogP contribution in [0.25, 0.3) is 0 Å². The van der Waals surface area contributed by atoms with E-state index in [1.165, 1.54) is 0 Å². The second-order valence-electron chi connectivity index (χ2n) is 7.18. The van der Waals surface area contributed by atoms with Gasteiger partial charge in [0.25, 0.3) is 0 Å². The molecule has 4 rings (SSSR count). The average molecular weight is 364 g/mol. The third-order valence-corrected chi connectivity index (χ3v) is 5.07.